The molecular weight excluding hydrogens is 318 g/mol. The third-order valence-corrected chi connectivity index (χ3v) is 4.49. The predicted molar refractivity (Wildman–Crippen MR) is 70.7 cm³/mol. The van der Waals surface area contributed by atoms with Gasteiger partial charge in [-0.1, -0.05) is 0 Å². The molecule has 0 bridgehead atoms. The van der Waals surface area contributed by atoms with Gasteiger partial charge in [0.2, 0.25) is 0 Å². The number of aliphatic hydroxyl groups is 8. The van der Waals surface area contributed by atoms with Crippen LogP contribution in [0, 0.1) is 0 Å². The fourth-order valence-electron chi connectivity index (χ4n) is 2.90. The molecule has 0 aliphatic carbocycles. The first-order valence-electron chi connectivity index (χ1n) is 7.10. The minimum atomic E-state index is -2.65. The number of ether oxygens (including phenoxy) is 2. The van der Waals surface area contributed by atoms with Gasteiger partial charge in [-0.25, -0.2) is 0 Å². The molecular formula is C12H23NO10. The number of hydrogen-bond donors (Lipinski definition) is 9. The predicted octanol–water partition coefficient (Wildman–Crippen LogP) is -6.04. The molecule has 2 aliphatic rings. The molecule has 0 amide bonds. The second kappa shape index (κ2) is 6.82. The Morgan fingerprint density at radius 1 is 1.04 bits per heavy atom. The van der Waals surface area contributed by atoms with Crippen molar-refractivity contribution < 1.29 is 50.3 Å². The molecule has 0 spiro atoms. The van der Waals surface area contributed by atoms with Gasteiger partial charge in [0.15, 0.2) is 11.9 Å². The SMILES string of the molecule is NC([C@H]1OC[C@H](O)[C@@H](O)[C@@H]1O)[C@]1(O)[C@@H](O)O[C@H](CO)[C@@H](O)[C@@H]1O. The van der Waals surface area contributed by atoms with Crippen molar-refractivity contribution in [3.63, 3.8) is 0 Å². The van der Waals surface area contributed by atoms with Crippen LogP contribution in [0.15, 0.2) is 0 Å². The van der Waals surface area contributed by atoms with Crippen molar-refractivity contribution in [2.75, 3.05) is 13.2 Å². The first-order valence-corrected chi connectivity index (χ1v) is 7.10. The molecule has 2 rings (SSSR count). The number of rotatable bonds is 3. The van der Waals surface area contributed by atoms with Crippen LogP contribution < -0.4 is 5.73 Å². The molecule has 2 heterocycles. The fraction of sp³-hybridized carbons (Fsp3) is 1.00. The van der Waals surface area contributed by atoms with E-state index in [-0.39, 0.29) is 0 Å². The lowest BCUT2D eigenvalue weighted by molar-refractivity contribution is -0.344. The summed E-state index contributed by atoms with van der Waals surface area (Å²) in [4.78, 5) is 0. The van der Waals surface area contributed by atoms with Crippen LogP contribution in [0.2, 0.25) is 0 Å². The van der Waals surface area contributed by atoms with Gasteiger partial charge in [-0.2, -0.15) is 0 Å². The monoisotopic (exact) mass is 341 g/mol. The molecule has 0 saturated carbocycles. The van der Waals surface area contributed by atoms with Crippen molar-refractivity contribution in [3.8, 4) is 0 Å². The average molecular weight is 341 g/mol. The summed E-state index contributed by atoms with van der Waals surface area (Å²) in [7, 11) is 0. The lowest BCUT2D eigenvalue weighted by Gasteiger charge is -2.51. The van der Waals surface area contributed by atoms with Crippen LogP contribution in [0.25, 0.3) is 0 Å². The van der Waals surface area contributed by atoms with Crippen LogP contribution >= 0.6 is 0 Å². The van der Waals surface area contributed by atoms with Crippen LogP contribution in [0.3, 0.4) is 0 Å². The summed E-state index contributed by atoms with van der Waals surface area (Å²) in [5.74, 6) is 0. The molecule has 0 aromatic heterocycles. The first-order chi connectivity index (χ1) is 10.7. The molecule has 1 unspecified atom stereocenters. The first kappa shape index (κ1) is 18.9. The molecule has 136 valence electrons. The molecule has 0 aromatic rings. The van der Waals surface area contributed by atoms with Crippen LogP contribution in [-0.4, -0.2) is 115 Å². The maximum absolute atomic E-state index is 10.6. The molecule has 0 aromatic carbocycles. The Balaban J connectivity index is 2.24. The van der Waals surface area contributed by atoms with Crippen LogP contribution in [0.1, 0.15) is 0 Å². The molecule has 11 nitrogen and oxygen atoms in total. The minimum absolute atomic E-state index is 0.401. The Hall–Kier alpha value is -0.440. The summed E-state index contributed by atoms with van der Waals surface area (Å²) in [6.45, 7) is -1.13. The van der Waals surface area contributed by atoms with E-state index in [4.69, 9.17) is 20.3 Å². The fourth-order valence-corrected chi connectivity index (χ4v) is 2.90. The van der Waals surface area contributed by atoms with E-state index in [1.807, 2.05) is 0 Å². The van der Waals surface area contributed by atoms with Crippen molar-refractivity contribution in [3.05, 3.63) is 0 Å². The van der Waals surface area contributed by atoms with Gasteiger partial charge in [-0.15, -0.1) is 0 Å². The van der Waals surface area contributed by atoms with Crippen LogP contribution in [0.5, 0.6) is 0 Å². The van der Waals surface area contributed by atoms with Crippen molar-refractivity contribution >= 4 is 0 Å². The number of hydrogen-bond acceptors (Lipinski definition) is 11. The summed E-state index contributed by atoms with van der Waals surface area (Å²) in [6, 6.07) is -1.70. The minimum Gasteiger partial charge on any atom is -0.394 e. The molecule has 23 heavy (non-hydrogen) atoms. The lowest BCUT2D eigenvalue weighted by Crippen LogP contribution is -2.77. The third kappa shape index (κ3) is 2.99. The Kier molecular flexibility index (Phi) is 5.60. The molecule has 10 atom stereocenters. The second-order valence-corrected chi connectivity index (χ2v) is 5.90. The van der Waals surface area contributed by atoms with Gasteiger partial charge in [0, 0.05) is 0 Å². The standard InChI is InChI=1S/C12H23NO10/c13-9(8-7(18)5(16)3(15)2-22-8)12(21)10(19)6(17)4(1-14)23-11(12)20/h3-11,14-21H,1-2,13H2/t3-,4+,5+,6+,7-,8-,9?,10-,11-,12+/m0/s1. The van der Waals surface area contributed by atoms with Crippen LogP contribution in [0.4, 0.5) is 0 Å². The zero-order valence-corrected chi connectivity index (χ0v) is 12.1. The van der Waals surface area contributed by atoms with Gasteiger partial charge in [0.05, 0.1) is 19.3 Å². The summed E-state index contributed by atoms with van der Waals surface area (Å²) >= 11 is 0. The highest BCUT2D eigenvalue weighted by Gasteiger charge is 2.61. The molecule has 2 fully saturated rings. The van der Waals surface area contributed by atoms with E-state index < -0.39 is 73.9 Å². The Morgan fingerprint density at radius 2 is 1.65 bits per heavy atom. The molecule has 2 saturated heterocycles. The number of aliphatic hydroxyl groups excluding tert-OH is 7. The lowest BCUT2D eigenvalue weighted by atomic mass is 9.76. The summed E-state index contributed by atoms with van der Waals surface area (Å²) in [5.41, 5.74) is 3.13. The highest BCUT2D eigenvalue weighted by atomic mass is 16.6. The second-order valence-electron chi connectivity index (χ2n) is 5.90. The maximum Gasteiger partial charge on any atom is 0.188 e. The van der Waals surface area contributed by atoms with Crippen molar-refractivity contribution in [1.29, 1.82) is 0 Å². The highest BCUT2D eigenvalue weighted by Crippen LogP contribution is 2.34. The highest BCUT2D eigenvalue weighted by molar-refractivity contribution is 5.10. The van der Waals surface area contributed by atoms with E-state index >= 15 is 0 Å². The molecule has 2 aliphatic heterocycles. The Bertz CT molecular complexity index is 413. The summed E-state index contributed by atoms with van der Waals surface area (Å²) < 4.78 is 9.93. The van der Waals surface area contributed by atoms with E-state index in [2.05, 4.69) is 0 Å². The van der Waals surface area contributed by atoms with Gasteiger partial charge < -0.3 is 56.1 Å². The summed E-state index contributed by atoms with van der Waals surface area (Å²) in [5, 5.41) is 78.4. The van der Waals surface area contributed by atoms with Crippen molar-refractivity contribution in [1.82, 2.24) is 0 Å². The van der Waals surface area contributed by atoms with Crippen molar-refractivity contribution in [2.24, 2.45) is 5.73 Å². The van der Waals surface area contributed by atoms with Crippen molar-refractivity contribution in [2.45, 2.75) is 60.7 Å². The van der Waals surface area contributed by atoms with E-state index in [1.165, 1.54) is 0 Å². The van der Waals surface area contributed by atoms with Gasteiger partial charge in [-0.05, 0) is 0 Å². The van der Waals surface area contributed by atoms with Gasteiger partial charge >= 0.3 is 0 Å². The van der Waals surface area contributed by atoms with E-state index in [1.54, 1.807) is 0 Å². The smallest absolute Gasteiger partial charge is 0.188 e. The van der Waals surface area contributed by atoms with Gasteiger partial charge in [0.1, 0.15) is 42.7 Å². The zero-order valence-electron chi connectivity index (χ0n) is 12.1. The van der Waals surface area contributed by atoms with E-state index in [9.17, 15) is 35.7 Å². The summed E-state index contributed by atoms with van der Waals surface area (Å²) in [6.07, 6.45) is -13.4. The van der Waals surface area contributed by atoms with Gasteiger partial charge in [-0.3, -0.25) is 0 Å². The largest absolute Gasteiger partial charge is 0.394 e. The maximum atomic E-state index is 10.6. The molecule has 0 radical (unpaired) electrons. The Labute approximate surface area is 131 Å². The quantitative estimate of drug-likeness (QED) is 0.236. The Morgan fingerprint density at radius 3 is 2.22 bits per heavy atom. The molecule has 10 N–H and O–H groups in total. The average Bonchev–Trinajstić information content (AvgIpc) is 2.53. The van der Waals surface area contributed by atoms with Gasteiger partial charge in [0.25, 0.3) is 0 Å². The topological polar surface area (TPSA) is 206 Å². The third-order valence-electron chi connectivity index (χ3n) is 4.49. The number of nitrogens with two attached hydrogens (primary N) is 1. The zero-order chi connectivity index (χ0) is 17.5. The molecule has 11 heteroatoms. The van der Waals surface area contributed by atoms with Crippen LogP contribution in [-0.2, 0) is 9.47 Å². The van der Waals surface area contributed by atoms with E-state index in [0.29, 0.717) is 0 Å². The normalized spacial score (nSPS) is 53.1. The van der Waals surface area contributed by atoms with E-state index in [0.717, 1.165) is 0 Å².